The van der Waals surface area contributed by atoms with Crippen LogP contribution in [-0.2, 0) is 19.7 Å². The third-order valence-electron chi connectivity index (χ3n) is 4.24. The number of unbranched alkanes of at least 4 members (excludes halogenated alkanes) is 1. The van der Waals surface area contributed by atoms with Gasteiger partial charge in [0, 0.05) is 11.1 Å². The Bertz CT molecular complexity index is 744. The molecule has 0 N–H and O–H groups in total. The van der Waals surface area contributed by atoms with E-state index in [2.05, 4.69) is 0 Å². The van der Waals surface area contributed by atoms with Crippen LogP contribution in [0.2, 0.25) is 5.02 Å². The Morgan fingerprint density at radius 3 is 2.39 bits per heavy atom. The lowest BCUT2D eigenvalue weighted by atomic mass is 10.2. The third-order valence-corrected chi connectivity index (χ3v) is 8.63. The predicted octanol–water partition coefficient (Wildman–Crippen LogP) is 2.01. The van der Waals surface area contributed by atoms with Crippen LogP contribution in [0, 0.1) is 0 Å². The zero-order valence-electron chi connectivity index (χ0n) is 13.3. The second kappa shape index (κ2) is 7.09. The maximum absolute atomic E-state index is 12.9. The summed E-state index contributed by atoms with van der Waals surface area (Å²) in [6, 6.07) is 5.38. The first-order chi connectivity index (χ1) is 10.7. The van der Waals surface area contributed by atoms with E-state index in [0.29, 0.717) is 11.6 Å². The van der Waals surface area contributed by atoms with Gasteiger partial charge in [-0.1, -0.05) is 24.9 Å². The van der Waals surface area contributed by atoms with Gasteiger partial charge in [0.15, 0.2) is 19.7 Å². The standard InChI is InChI=1S/C15H22ClNO4S2/c1-3-4-9-17(2)14-10-22(18,19)11-15(14)23(20,21)13-7-5-12(16)6-8-13/h5-8,14-15H,3-4,9-11H2,1-2H3/t14-,15-/m0/s1. The number of halogens is 1. The van der Waals surface area contributed by atoms with Crippen molar-refractivity contribution in [1.82, 2.24) is 4.90 Å². The molecule has 0 saturated carbocycles. The van der Waals surface area contributed by atoms with Crippen molar-refractivity contribution in [3.63, 3.8) is 0 Å². The molecule has 0 spiro atoms. The Kier molecular flexibility index (Phi) is 5.76. The van der Waals surface area contributed by atoms with Gasteiger partial charge in [0.05, 0.1) is 21.7 Å². The lowest BCUT2D eigenvalue weighted by Crippen LogP contribution is -2.44. The molecule has 1 aliphatic heterocycles. The highest BCUT2D eigenvalue weighted by Gasteiger charge is 2.47. The first-order valence-electron chi connectivity index (χ1n) is 7.57. The summed E-state index contributed by atoms with van der Waals surface area (Å²) in [5.74, 6) is -0.427. The van der Waals surface area contributed by atoms with Crippen LogP contribution in [0.4, 0.5) is 0 Å². The van der Waals surface area contributed by atoms with E-state index < -0.39 is 31.0 Å². The van der Waals surface area contributed by atoms with E-state index in [1.54, 1.807) is 7.05 Å². The van der Waals surface area contributed by atoms with Gasteiger partial charge >= 0.3 is 0 Å². The van der Waals surface area contributed by atoms with Crippen molar-refractivity contribution in [3.8, 4) is 0 Å². The fraction of sp³-hybridized carbons (Fsp3) is 0.600. The van der Waals surface area contributed by atoms with Gasteiger partial charge in [0.1, 0.15) is 0 Å². The first-order valence-corrected chi connectivity index (χ1v) is 11.3. The van der Waals surface area contributed by atoms with Crippen molar-refractivity contribution in [3.05, 3.63) is 29.3 Å². The number of hydrogen-bond acceptors (Lipinski definition) is 5. The van der Waals surface area contributed by atoms with Crippen LogP contribution < -0.4 is 0 Å². The van der Waals surface area contributed by atoms with Crippen molar-refractivity contribution >= 4 is 31.3 Å². The van der Waals surface area contributed by atoms with Gasteiger partial charge in [-0.25, -0.2) is 16.8 Å². The highest BCUT2D eigenvalue weighted by Crippen LogP contribution is 2.29. The number of rotatable bonds is 6. The SMILES string of the molecule is CCCCN(C)[C@H]1CS(=O)(=O)C[C@@H]1S(=O)(=O)c1ccc(Cl)cc1. The molecule has 1 aromatic carbocycles. The second-order valence-electron chi connectivity index (χ2n) is 6.02. The number of nitrogens with zero attached hydrogens (tertiary/aromatic N) is 1. The topological polar surface area (TPSA) is 71.5 Å². The fourth-order valence-electron chi connectivity index (χ4n) is 2.88. The zero-order chi connectivity index (χ0) is 17.3. The lowest BCUT2D eigenvalue weighted by molar-refractivity contribution is 0.259. The van der Waals surface area contributed by atoms with Gasteiger partial charge < -0.3 is 4.90 Å². The summed E-state index contributed by atoms with van der Waals surface area (Å²) in [5, 5.41) is -0.491. The van der Waals surface area contributed by atoms with Gasteiger partial charge in [-0.3, -0.25) is 0 Å². The van der Waals surface area contributed by atoms with E-state index in [9.17, 15) is 16.8 Å². The Balaban J connectivity index is 2.35. The Morgan fingerprint density at radius 1 is 1.22 bits per heavy atom. The highest BCUT2D eigenvalue weighted by atomic mass is 35.5. The molecule has 1 saturated heterocycles. The van der Waals surface area contributed by atoms with Crippen molar-refractivity contribution in [2.24, 2.45) is 0 Å². The van der Waals surface area contributed by atoms with Gasteiger partial charge in [0.25, 0.3) is 0 Å². The fourth-order valence-corrected chi connectivity index (χ4v) is 7.91. The van der Waals surface area contributed by atoms with Crippen LogP contribution >= 0.6 is 11.6 Å². The van der Waals surface area contributed by atoms with E-state index in [4.69, 9.17) is 11.6 Å². The van der Waals surface area contributed by atoms with Crippen LogP contribution in [-0.4, -0.2) is 58.1 Å². The van der Waals surface area contributed by atoms with Gasteiger partial charge in [0.2, 0.25) is 0 Å². The zero-order valence-corrected chi connectivity index (χ0v) is 15.7. The molecule has 0 unspecified atom stereocenters. The molecule has 1 fully saturated rings. The molecule has 5 nitrogen and oxygen atoms in total. The molecule has 1 aliphatic rings. The van der Waals surface area contributed by atoms with E-state index in [1.165, 1.54) is 24.3 Å². The average Bonchev–Trinajstić information content (AvgIpc) is 2.82. The Morgan fingerprint density at radius 2 is 1.83 bits per heavy atom. The van der Waals surface area contributed by atoms with Crippen LogP contribution in [0.1, 0.15) is 19.8 Å². The minimum Gasteiger partial charge on any atom is -0.301 e. The molecule has 0 aromatic heterocycles. The minimum absolute atomic E-state index is 0.106. The predicted molar refractivity (Wildman–Crippen MR) is 92.4 cm³/mol. The molecule has 1 aromatic rings. The molecule has 0 aliphatic carbocycles. The maximum Gasteiger partial charge on any atom is 0.183 e. The third kappa shape index (κ3) is 4.26. The summed E-state index contributed by atoms with van der Waals surface area (Å²) in [6.07, 6.45) is 1.87. The number of hydrogen-bond donors (Lipinski definition) is 0. The normalized spacial score (nSPS) is 24.2. The second-order valence-corrected chi connectivity index (χ2v) is 10.8. The summed E-state index contributed by atoms with van der Waals surface area (Å²) in [7, 11) is -5.29. The quantitative estimate of drug-likeness (QED) is 0.756. The number of sulfone groups is 2. The maximum atomic E-state index is 12.9. The van der Waals surface area contributed by atoms with E-state index >= 15 is 0 Å². The lowest BCUT2D eigenvalue weighted by Gasteiger charge is -2.28. The minimum atomic E-state index is -3.73. The molecule has 1 heterocycles. The molecule has 23 heavy (non-hydrogen) atoms. The molecule has 130 valence electrons. The molecule has 8 heteroatoms. The van der Waals surface area contributed by atoms with E-state index in [1.807, 2.05) is 11.8 Å². The number of benzene rings is 1. The first kappa shape index (κ1) is 18.7. The summed E-state index contributed by atoms with van der Waals surface area (Å²) in [4.78, 5) is 1.99. The van der Waals surface area contributed by atoms with Crippen LogP contribution in [0.25, 0.3) is 0 Å². The Hall–Kier alpha value is -0.630. The largest absolute Gasteiger partial charge is 0.301 e. The molecule has 0 bridgehead atoms. The molecule has 0 amide bonds. The molecular weight excluding hydrogens is 358 g/mol. The highest BCUT2D eigenvalue weighted by molar-refractivity contribution is 7.96. The van der Waals surface area contributed by atoms with Crippen molar-refractivity contribution in [2.45, 2.75) is 36.0 Å². The average molecular weight is 380 g/mol. The molecule has 0 radical (unpaired) electrons. The van der Waals surface area contributed by atoms with Crippen LogP contribution in [0.5, 0.6) is 0 Å². The smallest absolute Gasteiger partial charge is 0.183 e. The van der Waals surface area contributed by atoms with Crippen molar-refractivity contribution < 1.29 is 16.8 Å². The summed E-state index contributed by atoms with van der Waals surface area (Å²) in [6.45, 7) is 2.73. The van der Waals surface area contributed by atoms with Gasteiger partial charge in [-0.05, 0) is 44.3 Å². The van der Waals surface area contributed by atoms with Gasteiger partial charge in [-0.2, -0.15) is 0 Å². The Labute approximate surface area is 143 Å². The van der Waals surface area contributed by atoms with Gasteiger partial charge in [-0.15, -0.1) is 0 Å². The molecule has 2 atom stereocenters. The van der Waals surface area contributed by atoms with Crippen LogP contribution in [0.3, 0.4) is 0 Å². The summed E-state index contributed by atoms with van der Waals surface area (Å²) in [5.41, 5.74) is 0. The summed E-state index contributed by atoms with van der Waals surface area (Å²) < 4.78 is 49.9. The van der Waals surface area contributed by atoms with E-state index in [-0.39, 0.29) is 16.4 Å². The summed E-state index contributed by atoms with van der Waals surface area (Å²) >= 11 is 5.80. The molecular formula is C15H22ClNO4S2. The van der Waals surface area contributed by atoms with Crippen molar-refractivity contribution in [2.75, 3.05) is 25.1 Å². The van der Waals surface area contributed by atoms with E-state index in [0.717, 1.165) is 12.8 Å². The van der Waals surface area contributed by atoms with Crippen molar-refractivity contribution in [1.29, 1.82) is 0 Å². The monoisotopic (exact) mass is 379 g/mol. The molecule has 2 rings (SSSR count). The van der Waals surface area contributed by atoms with Crippen LogP contribution in [0.15, 0.2) is 29.2 Å².